The molecule has 2 N–H and O–H groups in total. The molecule has 1 aromatic rings. The van der Waals surface area contributed by atoms with Crippen LogP contribution in [0.15, 0.2) is 18.2 Å². The Morgan fingerprint density at radius 3 is 2.57 bits per heavy atom. The molecule has 0 radical (unpaired) electrons. The van der Waals surface area contributed by atoms with Crippen molar-refractivity contribution >= 4 is 0 Å². The average Bonchev–Trinajstić information content (AvgIpc) is 2.93. The van der Waals surface area contributed by atoms with Gasteiger partial charge in [0, 0.05) is 0 Å². The highest BCUT2D eigenvalue weighted by Crippen LogP contribution is 2.42. The molecule has 0 bridgehead atoms. The van der Waals surface area contributed by atoms with Crippen LogP contribution < -0.4 is 5.73 Å². The normalized spacial score (nSPS) is 18.2. The summed E-state index contributed by atoms with van der Waals surface area (Å²) in [5.74, 6) is 1.47. The van der Waals surface area contributed by atoms with Gasteiger partial charge in [-0.1, -0.05) is 23.8 Å². The summed E-state index contributed by atoms with van der Waals surface area (Å²) < 4.78 is 0. The van der Waals surface area contributed by atoms with Crippen LogP contribution in [-0.4, -0.2) is 6.54 Å². The number of nitrogens with two attached hydrogens (primary N) is 1. The molecule has 1 heteroatoms. The van der Waals surface area contributed by atoms with Crippen molar-refractivity contribution < 1.29 is 0 Å². The molecular formula is C13H19N. The van der Waals surface area contributed by atoms with E-state index in [0.29, 0.717) is 5.92 Å². The molecule has 14 heavy (non-hydrogen) atoms. The Morgan fingerprint density at radius 1 is 1.36 bits per heavy atom. The van der Waals surface area contributed by atoms with E-state index in [2.05, 4.69) is 32.0 Å². The topological polar surface area (TPSA) is 26.0 Å². The fourth-order valence-corrected chi connectivity index (χ4v) is 2.31. The van der Waals surface area contributed by atoms with Gasteiger partial charge in [-0.3, -0.25) is 0 Å². The Morgan fingerprint density at radius 2 is 2.07 bits per heavy atom. The second-order valence-corrected chi connectivity index (χ2v) is 4.54. The fourth-order valence-electron chi connectivity index (χ4n) is 2.31. The Kier molecular flexibility index (Phi) is 2.60. The van der Waals surface area contributed by atoms with Gasteiger partial charge in [-0.05, 0) is 56.2 Å². The SMILES string of the molecule is Cc1ccc(C(CN)C2CC2)c(C)c1. The molecule has 1 aliphatic rings. The van der Waals surface area contributed by atoms with Gasteiger partial charge in [-0.2, -0.15) is 0 Å². The van der Waals surface area contributed by atoms with Crippen LogP contribution in [0.1, 0.15) is 35.4 Å². The van der Waals surface area contributed by atoms with Gasteiger partial charge in [-0.25, -0.2) is 0 Å². The maximum absolute atomic E-state index is 5.85. The van der Waals surface area contributed by atoms with Crippen LogP contribution in [0, 0.1) is 19.8 Å². The van der Waals surface area contributed by atoms with Gasteiger partial charge in [0.1, 0.15) is 0 Å². The van der Waals surface area contributed by atoms with E-state index in [9.17, 15) is 0 Å². The maximum Gasteiger partial charge on any atom is -0.000546 e. The summed E-state index contributed by atoms with van der Waals surface area (Å²) in [5, 5.41) is 0. The summed E-state index contributed by atoms with van der Waals surface area (Å²) in [7, 11) is 0. The third-order valence-corrected chi connectivity index (χ3v) is 3.27. The summed E-state index contributed by atoms with van der Waals surface area (Å²) >= 11 is 0. The minimum Gasteiger partial charge on any atom is -0.330 e. The van der Waals surface area contributed by atoms with Gasteiger partial charge >= 0.3 is 0 Å². The van der Waals surface area contributed by atoms with Crippen LogP contribution in [0.3, 0.4) is 0 Å². The highest BCUT2D eigenvalue weighted by atomic mass is 14.6. The van der Waals surface area contributed by atoms with Crippen molar-refractivity contribution in [2.45, 2.75) is 32.6 Å². The largest absolute Gasteiger partial charge is 0.330 e. The summed E-state index contributed by atoms with van der Waals surface area (Å²) in [5.41, 5.74) is 10.1. The molecule has 0 aromatic heterocycles. The predicted octanol–water partition coefficient (Wildman–Crippen LogP) is 2.76. The second kappa shape index (κ2) is 3.74. The molecule has 76 valence electrons. The van der Waals surface area contributed by atoms with Crippen molar-refractivity contribution in [3.63, 3.8) is 0 Å². The zero-order valence-electron chi connectivity index (χ0n) is 9.09. The quantitative estimate of drug-likeness (QED) is 0.777. The third-order valence-electron chi connectivity index (χ3n) is 3.27. The molecule has 1 nitrogen and oxygen atoms in total. The van der Waals surface area contributed by atoms with Gasteiger partial charge in [0.15, 0.2) is 0 Å². The lowest BCUT2D eigenvalue weighted by Crippen LogP contribution is -2.15. The highest BCUT2D eigenvalue weighted by Gasteiger charge is 2.31. The van der Waals surface area contributed by atoms with Crippen molar-refractivity contribution in [2.24, 2.45) is 11.7 Å². The second-order valence-electron chi connectivity index (χ2n) is 4.54. The number of benzene rings is 1. The smallest absolute Gasteiger partial charge is 0.000546 e. The number of hydrogen-bond acceptors (Lipinski definition) is 1. The van der Waals surface area contributed by atoms with Gasteiger partial charge in [0.25, 0.3) is 0 Å². The minimum atomic E-state index is 0.607. The van der Waals surface area contributed by atoms with Crippen LogP contribution in [0.25, 0.3) is 0 Å². The monoisotopic (exact) mass is 189 g/mol. The predicted molar refractivity (Wildman–Crippen MR) is 60.4 cm³/mol. The van der Waals surface area contributed by atoms with Gasteiger partial charge in [0.2, 0.25) is 0 Å². The zero-order valence-corrected chi connectivity index (χ0v) is 9.09. The lowest BCUT2D eigenvalue weighted by molar-refractivity contribution is 0.612. The van der Waals surface area contributed by atoms with Gasteiger partial charge in [-0.15, -0.1) is 0 Å². The number of rotatable bonds is 3. The van der Waals surface area contributed by atoms with E-state index in [1.54, 1.807) is 0 Å². The summed E-state index contributed by atoms with van der Waals surface area (Å²) in [4.78, 5) is 0. The molecule has 1 unspecified atom stereocenters. The van der Waals surface area contributed by atoms with E-state index in [1.165, 1.54) is 29.5 Å². The Labute approximate surface area is 86.3 Å². The molecule has 0 saturated heterocycles. The van der Waals surface area contributed by atoms with E-state index in [-0.39, 0.29) is 0 Å². The highest BCUT2D eigenvalue weighted by molar-refractivity contribution is 5.34. The molecule has 0 aliphatic heterocycles. The molecule has 1 aliphatic carbocycles. The van der Waals surface area contributed by atoms with E-state index in [4.69, 9.17) is 5.73 Å². The van der Waals surface area contributed by atoms with Crippen molar-refractivity contribution in [1.29, 1.82) is 0 Å². The van der Waals surface area contributed by atoms with E-state index < -0.39 is 0 Å². The van der Waals surface area contributed by atoms with Crippen molar-refractivity contribution in [3.8, 4) is 0 Å². The van der Waals surface area contributed by atoms with Crippen molar-refractivity contribution in [1.82, 2.24) is 0 Å². The first-order valence-electron chi connectivity index (χ1n) is 5.49. The lowest BCUT2D eigenvalue weighted by atomic mass is 9.90. The Balaban J connectivity index is 2.29. The number of aryl methyl sites for hydroxylation is 2. The molecular weight excluding hydrogens is 170 g/mol. The Hall–Kier alpha value is -0.820. The maximum atomic E-state index is 5.85. The average molecular weight is 189 g/mol. The van der Waals surface area contributed by atoms with Gasteiger partial charge in [0.05, 0.1) is 0 Å². The molecule has 1 aromatic carbocycles. The summed E-state index contributed by atoms with van der Waals surface area (Å²) in [6.07, 6.45) is 2.74. The van der Waals surface area contributed by atoms with Crippen LogP contribution in [0.4, 0.5) is 0 Å². The van der Waals surface area contributed by atoms with Crippen LogP contribution in [0.5, 0.6) is 0 Å². The standard InChI is InChI=1S/C13H19N/c1-9-3-6-12(10(2)7-9)13(8-14)11-4-5-11/h3,6-7,11,13H,4-5,8,14H2,1-2H3. The van der Waals surface area contributed by atoms with E-state index >= 15 is 0 Å². The van der Waals surface area contributed by atoms with Crippen molar-refractivity contribution in [3.05, 3.63) is 34.9 Å². The van der Waals surface area contributed by atoms with Crippen LogP contribution in [-0.2, 0) is 0 Å². The van der Waals surface area contributed by atoms with Gasteiger partial charge < -0.3 is 5.73 Å². The molecule has 0 heterocycles. The van der Waals surface area contributed by atoms with Crippen LogP contribution >= 0.6 is 0 Å². The number of hydrogen-bond donors (Lipinski definition) is 1. The summed E-state index contributed by atoms with van der Waals surface area (Å²) in [6, 6.07) is 6.73. The molecule has 1 atom stereocenters. The lowest BCUT2D eigenvalue weighted by Gasteiger charge is -2.17. The molecule has 0 spiro atoms. The molecule has 2 rings (SSSR count). The molecule has 0 amide bonds. The fraction of sp³-hybridized carbons (Fsp3) is 0.538. The summed E-state index contributed by atoms with van der Waals surface area (Å²) in [6.45, 7) is 5.15. The first-order valence-corrected chi connectivity index (χ1v) is 5.49. The Bertz CT molecular complexity index is 326. The molecule has 1 saturated carbocycles. The van der Waals surface area contributed by atoms with Crippen molar-refractivity contribution in [2.75, 3.05) is 6.54 Å². The van der Waals surface area contributed by atoms with Crippen LogP contribution in [0.2, 0.25) is 0 Å². The minimum absolute atomic E-state index is 0.607. The molecule has 1 fully saturated rings. The third kappa shape index (κ3) is 1.83. The first kappa shape index (κ1) is 9.72. The van der Waals surface area contributed by atoms with E-state index in [1.807, 2.05) is 0 Å². The van der Waals surface area contributed by atoms with E-state index in [0.717, 1.165) is 12.5 Å². The zero-order chi connectivity index (χ0) is 10.1. The first-order chi connectivity index (χ1) is 6.72.